The molecular formula is C15H25. The Kier molecular flexibility index (Phi) is 12.5. The Bertz CT molecular complexity index is 174. The van der Waals surface area contributed by atoms with Gasteiger partial charge in [0, 0.05) is 0 Å². The molecule has 0 aromatic rings. The van der Waals surface area contributed by atoms with E-state index in [2.05, 4.69) is 31.2 Å². The van der Waals surface area contributed by atoms with Crippen LogP contribution >= 0.6 is 0 Å². The lowest BCUT2D eigenvalue weighted by molar-refractivity contribution is 0.811. The maximum absolute atomic E-state index is 5.29. The Morgan fingerprint density at radius 1 is 0.733 bits per heavy atom. The largest absolute Gasteiger partial charge is 0.0885 e. The number of hydrogen-bond donors (Lipinski definition) is 0. The standard InChI is InChI=1S/C15H25/c1-3-5-7-9-11-13-15-14-12-10-8-6-4-2/h1,3,10-13H,4-9,14-15H2,2H3. The molecule has 0 fully saturated rings. The van der Waals surface area contributed by atoms with Crippen molar-refractivity contribution in [2.24, 2.45) is 0 Å². The average molecular weight is 205 g/mol. The van der Waals surface area contributed by atoms with E-state index < -0.39 is 0 Å². The summed E-state index contributed by atoms with van der Waals surface area (Å²) >= 11 is 0. The van der Waals surface area contributed by atoms with Crippen molar-refractivity contribution in [1.29, 1.82) is 0 Å². The number of unbranched alkanes of at least 4 members (excludes halogenated alkanes) is 5. The first-order valence-electron chi connectivity index (χ1n) is 6.25. The highest BCUT2D eigenvalue weighted by molar-refractivity contribution is 4.88. The van der Waals surface area contributed by atoms with E-state index in [4.69, 9.17) is 6.58 Å². The molecule has 0 aromatic heterocycles. The molecular weight excluding hydrogens is 180 g/mol. The van der Waals surface area contributed by atoms with Crippen molar-refractivity contribution in [2.45, 2.75) is 58.3 Å². The van der Waals surface area contributed by atoms with Gasteiger partial charge in [0.2, 0.25) is 0 Å². The van der Waals surface area contributed by atoms with Gasteiger partial charge in [0.15, 0.2) is 0 Å². The summed E-state index contributed by atoms with van der Waals surface area (Å²) in [5.41, 5.74) is 0. The summed E-state index contributed by atoms with van der Waals surface area (Å²) < 4.78 is 0. The van der Waals surface area contributed by atoms with Crippen molar-refractivity contribution < 1.29 is 0 Å². The van der Waals surface area contributed by atoms with Gasteiger partial charge in [0.1, 0.15) is 0 Å². The molecule has 0 aliphatic rings. The third-order valence-electron chi connectivity index (χ3n) is 2.30. The fourth-order valence-electron chi connectivity index (χ4n) is 1.34. The third kappa shape index (κ3) is 13.2. The zero-order chi connectivity index (χ0) is 11.2. The van der Waals surface area contributed by atoms with Gasteiger partial charge in [-0.1, -0.05) is 56.7 Å². The van der Waals surface area contributed by atoms with E-state index in [0.29, 0.717) is 0 Å². The zero-order valence-corrected chi connectivity index (χ0v) is 10.1. The maximum atomic E-state index is 5.29. The highest BCUT2D eigenvalue weighted by atomic mass is 13.9. The fourth-order valence-corrected chi connectivity index (χ4v) is 1.34. The van der Waals surface area contributed by atoms with E-state index >= 15 is 0 Å². The molecule has 0 heteroatoms. The Hall–Kier alpha value is -0.780. The van der Waals surface area contributed by atoms with Crippen LogP contribution < -0.4 is 0 Å². The summed E-state index contributed by atoms with van der Waals surface area (Å²) in [5.74, 6) is 0. The molecule has 0 aliphatic heterocycles. The van der Waals surface area contributed by atoms with Crippen LogP contribution in [0.2, 0.25) is 0 Å². The van der Waals surface area contributed by atoms with Gasteiger partial charge in [-0.2, -0.15) is 0 Å². The fraction of sp³-hybridized carbons (Fsp3) is 0.600. The van der Waals surface area contributed by atoms with Gasteiger partial charge < -0.3 is 0 Å². The predicted molar refractivity (Wildman–Crippen MR) is 69.8 cm³/mol. The first kappa shape index (κ1) is 14.2. The van der Waals surface area contributed by atoms with Crippen LogP contribution in [0.4, 0.5) is 0 Å². The van der Waals surface area contributed by atoms with E-state index in [1.807, 2.05) is 0 Å². The summed E-state index contributed by atoms with van der Waals surface area (Å²) in [6.07, 6.45) is 20.5. The number of allylic oxidation sites excluding steroid dienone is 5. The lowest BCUT2D eigenvalue weighted by Gasteiger charge is -1.90. The normalized spacial score (nSPS) is 11.5. The molecule has 0 bridgehead atoms. The van der Waals surface area contributed by atoms with Crippen molar-refractivity contribution in [2.75, 3.05) is 0 Å². The van der Waals surface area contributed by atoms with Crippen LogP contribution in [0.1, 0.15) is 58.3 Å². The summed E-state index contributed by atoms with van der Waals surface area (Å²) in [4.78, 5) is 0. The molecule has 0 rings (SSSR count). The first-order chi connectivity index (χ1) is 7.41. The van der Waals surface area contributed by atoms with Crippen LogP contribution in [-0.2, 0) is 0 Å². The SMILES string of the molecule is [CH]=CCCCC=CCCC=CCCCC. The van der Waals surface area contributed by atoms with Crippen LogP contribution in [0, 0.1) is 6.58 Å². The number of hydrogen-bond acceptors (Lipinski definition) is 0. The molecule has 0 amide bonds. The highest BCUT2D eigenvalue weighted by Crippen LogP contribution is 2.01. The van der Waals surface area contributed by atoms with Crippen molar-refractivity contribution in [1.82, 2.24) is 0 Å². The Labute approximate surface area is 95.8 Å². The molecule has 0 saturated heterocycles. The minimum Gasteiger partial charge on any atom is -0.0885 e. The minimum atomic E-state index is 1.03. The molecule has 15 heavy (non-hydrogen) atoms. The summed E-state index contributed by atoms with van der Waals surface area (Å²) in [6.45, 7) is 7.52. The van der Waals surface area contributed by atoms with E-state index in [1.165, 1.54) is 38.5 Å². The Morgan fingerprint density at radius 2 is 1.27 bits per heavy atom. The quantitative estimate of drug-likeness (QED) is 0.338. The number of rotatable bonds is 10. The van der Waals surface area contributed by atoms with Crippen LogP contribution in [0.25, 0.3) is 0 Å². The van der Waals surface area contributed by atoms with Crippen molar-refractivity contribution in [3.05, 3.63) is 37.0 Å². The summed E-state index contributed by atoms with van der Waals surface area (Å²) in [7, 11) is 0. The van der Waals surface area contributed by atoms with Gasteiger partial charge in [0.05, 0.1) is 0 Å². The molecule has 0 atom stereocenters. The van der Waals surface area contributed by atoms with E-state index in [0.717, 1.165) is 12.8 Å². The molecule has 85 valence electrons. The first-order valence-corrected chi connectivity index (χ1v) is 6.25. The topological polar surface area (TPSA) is 0 Å². The highest BCUT2D eigenvalue weighted by Gasteiger charge is 1.81. The smallest absolute Gasteiger partial charge is 0.0316 e. The van der Waals surface area contributed by atoms with Crippen molar-refractivity contribution in [3.8, 4) is 0 Å². The molecule has 1 radical (unpaired) electrons. The monoisotopic (exact) mass is 205 g/mol. The Balaban J connectivity index is 3.15. The molecule has 0 saturated carbocycles. The van der Waals surface area contributed by atoms with Crippen LogP contribution in [0.3, 0.4) is 0 Å². The van der Waals surface area contributed by atoms with Gasteiger partial charge in [-0.3, -0.25) is 0 Å². The predicted octanol–water partition coefficient (Wildman–Crippen LogP) is 5.23. The third-order valence-corrected chi connectivity index (χ3v) is 2.30. The van der Waals surface area contributed by atoms with Crippen LogP contribution in [0.5, 0.6) is 0 Å². The van der Waals surface area contributed by atoms with Gasteiger partial charge in [-0.15, -0.1) is 0 Å². The van der Waals surface area contributed by atoms with Crippen molar-refractivity contribution >= 4 is 0 Å². The minimum absolute atomic E-state index is 1.03. The molecule has 0 unspecified atom stereocenters. The lowest BCUT2D eigenvalue weighted by atomic mass is 10.2. The maximum Gasteiger partial charge on any atom is -0.0316 e. The summed E-state index contributed by atoms with van der Waals surface area (Å²) in [5, 5.41) is 0. The van der Waals surface area contributed by atoms with E-state index in [1.54, 1.807) is 6.08 Å². The second-order valence-electron chi connectivity index (χ2n) is 3.83. The second-order valence-corrected chi connectivity index (χ2v) is 3.83. The molecule has 0 nitrogen and oxygen atoms in total. The Morgan fingerprint density at radius 3 is 1.80 bits per heavy atom. The molecule has 0 heterocycles. The van der Waals surface area contributed by atoms with E-state index in [-0.39, 0.29) is 0 Å². The average Bonchev–Trinajstić information content (AvgIpc) is 2.26. The second kappa shape index (κ2) is 13.2. The van der Waals surface area contributed by atoms with Gasteiger partial charge in [-0.05, 0) is 38.5 Å². The molecule has 0 aliphatic carbocycles. The molecule has 0 spiro atoms. The van der Waals surface area contributed by atoms with Gasteiger partial charge in [-0.25, -0.2) is 0 Å². The molecule has 0 N–H and O–H groups in total. The van der Waals surface area contributed by atoms with E-state index in [9.17, 15) is 0 Å². The molecule has 0 aromatic carbocycles. The van der Waals surface area contributed by atoms with Crippen LogP contribution in [-0.4, -0.2) is 0 Å². The zero-order valence-electron chi connectivity index (χ0n) is 10.1. The van der Waals surface area contributed by atoms with Crippen molar-refractivity contribution in [3.63, 3.8) is 0 Å². The van der Waals surface area contributed by atoms with Gasteiger partial charge >= 0.3 is 0 Å². The summed E-state index contributed by atoms with van der Waals surface area (Å²) in [6, 6.07) is 0. The lowest BCUT2D eigenvalue weighted by Crippen LogP contribution is -1.70. The van der Waals surface area contributed by atoms with Gasteiger partial charge in [0.25, 0.3) is 0 Å². The van der Waals surface area contributed by atoms with Crippen LogP contribution in [0.15, 0.2) is 30.4 Å².